The van der Waals surface area contributed by atoms with Crippen LogP contribution in [0.25, 0.3) is 0 Å². The summed E-state index contributed by atoms with van der Waals surface area (Å²) in [6.07, 6.45) is -1.62. The minimum absolute atomic E-state index is 0.152. The zero-order chi connectivity index (χ0) is 15.0. The maximum absolute atomic E-state index is 11.5. The number of carbonyl (C=O) groups excluding carboxylic acids is 2. The van der Waals surface area contributed by atoms with Crippen LogP contribution in [0.2, 0.25) is 0 Å². The first-order valence-corrected chi connectivity index (χ1v) is 6.27. The summed E-state index contributed by atoms with van der Waals surface area (Å²) in [6.45, 7) is 2.83. The first-order valence-electron chi connectivity index (χ1n) is 6.27. The molecule has 6 nitrogen and oxygen atoms in total. The van der Waals surface area contributed by atoms with Crippen LogP contribution in [-0.4, -0.2) is 35.9 Å². The highest BCUT2D eigenvalue weighted by atomic mass is 16.6. The average Bonchev–Trinajstić information content (AvgIpc) is 2.43. The largest absolute Gasteiger partial charge is 0.463 e. The Labute approximate surface area is 117 Å². The van der Waals surface area contributed by atoms with Crippen LogP contribution in [-0.2, 0) is 20.9 Å². The third kappa shape index (κ3) is 6.19. The summed E-state index contributed by atoms with van der Waals surface area (Å²) in [6, 6.07) is 8.66. The second kappa shape index (κ2) is 8.16. The monoisotopic (exact) mass is 281 g/mol. The number of nitrogens with one attached hydrogen (secondary N) is 1. The number of benzene rings is 1. The highest BCUT2D eigenvalue weighted by Gasteiger charge is 2.18. The Hall–Kier alpha value is -2.08. The number of aliphatic hydroxyl groups is 1. The Morgan fingerprint density at radius 3 is 2.50 bits per heavy atom. The van der Waals surface area contributed by atoms with Crippen LogP contribution >= 0.6 is 0 Å². The first kappa shape index (κ1) is 16.0. The molecule has 0 aromatic heterocycles. The molecule has 0 aliphatic rings. The van der Waals surface area contributed by atoms with Crippen molar-refractivity contribution >= 4 is 12.1 Å². The molecule has 6 heteroatoms. The molecule has 0 saturated carbocycles. The number of alkyl carbamates (subject to hydrolysis) is 1. The second-order valence-electron chi connectivity index (χ2n) is 4.36. The summed E-state index contributed by atoms with van der Waals surface area (Å²) in [7, 11) is 0. The number of ether oxygens (including phenoxy) is 2. The Bertz CT molecular complexity index is 434. The third-order valence-electron chi connectivity index (χ3n) is 2.59. The van der Waals surface area contributed by atoms with Crippen molar-refractivity contribution < 1.29 is 24.2 Å². The van der Waals surface area contributed by atoms with Gasteiger partial charge >= 0.3 is 12.1 Å². The van der Waals surface area contributed by atoms with E-state index in [0.717, 1.165) is 5.56 Å². The molecule has 110 valence electrons. The van der Waals surface area contributed by atoms with Crippen molar-refractivity contribution in [3.8, 4) is 0 Å². The molecule has 20 heavy (non-hydrogen) atoms. The molecule has 0 spiro atoms. The van der Waals surface area contributed by atoms with Crippen molar-refractivity contribution in [2.45, 2.75) is 32.6 Å². The van der Waals surface area contributed by atoms with E-state index in [1.54, 1.807) is 6.92 Å². The van der Waals surface area contributed by atoms with E-state index < -0.39 is 24.2 Å². The van der Waals surface area contributed by atoms with Crippen molar-refractivity contribution in [3.05, 3.63) is 35.9 Å². The molecule has 0 fully saturated rings. The summed E-state index contributed by atoms with van der Waals surface area (Å²) in [5, 5.41) is 12.1. The van der Waals surface area contributed by atoms with Gasteiger partial charge in [0.1, 0.15) is 19.3 Å². The van der Waals surface area contributed by atoms with Crippen molar-refractivity contribution in [2.24, 2.45) is 0 Å². The molecule has 0 radical (unpaired) electrons. The minimum Gasteiger partial charge on any atom is -0.463 e. The van der Waals surface area contributed by atoms with E-state index in [1.165, 1.54) is 6.92 Å². The van der Waals surface area contributed by atoms with Gasteiger partial charge in [0, 0.05) is 6.92 Å². The SMILES string of the molecule is CC(=O)OCC(O)C(C)NC(=O)OCc1ccccc1. The fourth-order valence-corrected chi connectivity index (χ4v) is 1.39. The Morgan fingerprint density at radius 1 is 1.25 bits per heavy atom. The summed E-state index contributed by atoms with van der Waals surface area (Å²) < 4.78 is 9.66. The van der Waals surface area contributed by atoms with E-state index in [-0.39, 0.29) is 13.2 Å². The topological polar surface area (TPSA) is 84.9 Å². The van der Waals surface area contributed by atoms with Gasteiger partial charge in [-0.05, 0) is 12.5 Å². The predicted octanol–water partition coefficient (Wildman–Crippen LogP) is 1.23. The van der Waals surface area contributed by atoms with E-state index in [2.05, 4.69) is 10.1 Å². The Morgan fingerprint density at radius 2 is 1.90 bits per heavy atom. The maximum Gasteiger partial charge on any atom is 0.407 e. The van der Waals surface area contributed by atoms with E-state index in [0.29, 0.717) is 0 Å². The quantitative estimate of drug-likeness (QED) is 0.766. The third-order valence-corrected chi connectivity index (χ3v) is 2.59. The van der Waals surface area contributed by atoms with Gasteiger partial charge in [-0.15, -0.1) is 0 Å². The summed E-state index contributed by atoms with van der Waals surface area (Å²) in [5.41, 5.74) is 0.871. The van der Waals surface area contributed by atoms with Gasteiger partial charge < -0.3 is 19.9 Å². The first-order chi connectivity index (χ1) is 9.49. The van der Waals surface area contributed by atoms with Crippen LogP contribution in [0.4, 0.5) is 4.79 Å². The van der Waals surface area contributed by atoms with Crippen molar-refractivity contribution in [1.29, 1.82) is 0 Å². The molecule has 1 aromatic carbocycles. The fraction of sp³-hybridized carbons (Fsp3) is 0.429. The smallest absolute Gasteiger partial charge is 0.407 e. The lowest BCUT2D eigenvalue weighted by atomic mass is 10.2. The van der Waals surface area contributed by atoms with Crippen molar-refractivity contribution in [3.63, 3.8) is 0 Å². The van der Waals surface area contributed by atoms with Crippen LogP contribution in [0, 0.1) is 0 Å². The second-order valence-corrected chi connectivity index (χ2v) is 4.36. The average molecular weight is 281 g/mol. The van der Waals surface area contributed by atoms with Gasteiger partial charge in [-0.3, -0.25) is 4.79 Å². The molecule has 2 unspecified atom stereocenters. The van der Waals surface area contributed by atoms with Crippen LogP contribution < -0.4 is 5.32 Å². The number of esters is 1. The van der Waals surface area contributed by atoms with Gasteiger partial charge in [0.05, 0.1) is 6.04 Å². The van der Waals surface area contributed by atoms with Crippen LogP contribution in [0.1, 0.15) is 19.4 Å². The molecule has 0 aliphatic heterocycles. The van der Waals surface area contributed by atoms with Crippen LogP contribution in [0.15, 0.2) is 30.3 Å². The lowest BCUT2D eigenvalue weighted by Crippen LogP contribution is -2.43. The number of rotatable bonds is 6. The number of aliphatic hydroxyl groups excluding tert-OH is 1. The molecular weight excluding hydrogens is 262 g/mol. The highest BCUT2D eigenvalue weighted by molar-refractivity contribution is 5.67. The highest BCUT2D eigenvalue weighted by Crippen LogP contribution is 2.01. The van der Waals surface area contributed by atoms with E-state index in [9.17, 15) is 14.7 Å². The molecule has 2 atom stereocenters. The zero-order valence-electron chi connectivity index (χ0n) is 11.5. The van der Waals surface area contributed by atoms with E-state index >= 15 is 0 Å². The molecule has 0 heterocycles. The normalized spacial score (nSPS) is 13.2. The molecule has 0 aliphatic carbocycles. The lowest BCUT2D eigenvalue weighted by Gasteiger charge is -2.19. The van der Waals surface area contributed by atoms with Gasteiger partial charge in [-0.2, -0.15) is 0 Å². The number of carbonyl (C=O) groups is 2. The number of hydrogen-bond acceptors (Lipinski definition) is 5. The summed E-state index contributed by atoms with van der Waals surface area (Å²) in [5.74, 6) is -0.483. The van der Waals surface area contributed by atoms with E-state index in [1.807, 2.05) is 30.3 Å². The van der Waals surface area contributed by atoms with Crippen molar-refractivity contribution in [1.82, 2.24) is 5.32 Å². The Balaban J connectivity index is 2.29. The van der Waals surface area contributed by atoms with E-state index in [4.69, 9.17) is 4.74 Å². The van der Waals surface area contributed by atoms with Crippen LogP contribution in [0.5, 0.6) is 0 Å². The molecule has 1 aromatic rings. The predicted molar refractivity (Wildman–Crippen MR) is 71.9 cm³/mol. The Kier molecular flexibility index (Phi) is 6.52. The molecule has 1 rings (SSSR count). The molecule has 0 saturated heterocycles. The molecule has 0 bridgehead atoms. The van der Waals surface area contributed by atoms with Gasteiger partial charge in [-0.1, -0.05) is 30.3 Å². The summed E-state index contributed by atoms with van der Waals surface area (Å²) in [4.78, 5) is 22.1. The van der Waals surface area contributed by atoms with Gasteiger partial charge in [-0.25, -0.2) is 4.79 Å². The van der Waals surface area contributed by atoms with Gasteiger partial charge in [0.2, 0.25) is 0 Å². The van der Waals surface area contributed by atoms with Crippen molar-refractivity contribution in [2.75, 3.05) is 6.61 Å². The van der Waals surface area contributed by atoms with Gasteiger partial charge in [0.15, 0.2) is 0 Å². The standard InChI is InChI=1S/C14H19NO5/c1-10(13(17)9-19-11(2)16)15-14(18)20-8-12-6-4-3-5-7-12/h3-7,10,13,17H,8-9H2,1-2H3,(H,15,18). The van der Waals surface area contributed by atoms with Crippen LogP contribution in [0.3, 0.4) is 0 Å². The number of hydrogen-bond donors (Lipinski definition) is 2. The minimum atomic E-state index is -0.983. The lowest BCUT2D eigenvalue weighted by molar-refractivity contribution is -0.144. The molecular formula is C14H19NO5. The molecule has 2 N–H and O–H groups in total. The summed E-state index contributed by atoms with van der Waals surface area (Å²) >= 11 is 0. The zero-order valence-corrected chi connectivity index (χ0v) is 11.5. The fourth-order valence-electron chi connectivity index (χ4n) is 1.39. The van der Waals surface area contributed by atoms with Gasteiger partial charge in [0.25, 0.3) is 0 Å². The maximum atomic E-state index is 11.5. The molecule has 1 amide bonds. The number of amides is 1.